The fraction of sp³-hybridized carbons (Fsp3) is 0.143. The van der Waals surface area contributed by atoms with Crippen LogP contribution in [-0.4, -0.2) is 27.2 Å². The van der Waals surface area contributed by atoms with Gasteiger partial charge in [-0.1, -0.05) is 36.4 Å². The number of aromatic nitrogens is 3. The number of benzene rings is 2. The summed E-state index contributed by atoms with van der Waals surface area (Å²) in [6.07, 6.45) is 5.20. The molecule has 2 aromatic heterocycles. The molecule has 1 unspecified atom stereocenters. The summed E-state index contributed by atoms with van der Waals surface area (Å²) in [5, 5.41) is 15.8. The second kappa shape index (κ2) is 9.22. The number of pyridine rings is 1. The van der Waals surface area contributed by atoms with Crippen molar-refractivity contribution in [2.45, 2.75) is 19.4 Å². The Morgan fingerprint density at radius 3 is 2.69 bits per heavy atom. The van der Waals surface area contributed by atoms with Gasteiger partial charge in [0.2, 0.25) is 0 Å². The number of aryl methyl sites for hydroxylation is 1. The summed E-state index contributed by atoms with van der Waals surface area (Å²) in [5.41, 5.74) is 11.6. The molecule has 0 radical (unpaired) electrons. The van der Waals surface area contributed by atoms with Gasteiger partial charge in [-0.2, -0.15) is 0 Å². The Morgan fingerprint density at radius 1 is 1.06 bits per heavy atom. The fourth-order valence-electron chi connectivity index (χ4n) is 4.54. The van der Waals surface area contributed by atoms with E-state index in [-0.39, 0.29) is 11.5 Å². The molecular formula is C28H26FN7. The summed E-state index contributed by atoms with van der Waals surface area (Å²) >= 11 is 0. The maximum Gasteiger partial charge on any atom is 0.141 e. The van der Waals surface area contributed by atoms with Gasteiger partial charge in [0.1, 0.15) is 23.8 Å². The third-order valence-corrected chi connectivity index (χ3v) is 6.55. The summed E-state index contributed by atoms with van der Waals surface area (Å²) in [4.78, 5) is 13.0. The van der Waals surface area contributed by atoms with Crippen LogP contribution in [0.3, 0.4) is 0 Å². The number of halogens is 1. The molecule has 180 valence electrons. The first-order valence-electron chi connectivity index (χ1n) is 11.6. The number of fused-ring (bicyclic) bond motifs is 1. The van der Waals surface area contributed by atoms with Gasteiger partial charge in [-0.15, -0.1) is 0 Å². The molecule has 1 atom stereocenters. The van der Waals surface area contributed by atoms with Gasteiger partial charge in [0, 0.05) is 29.6 Å². The lowest BCUT2D eigenvalue weighted by Crippen LogP contribution is -2.35. The van der Waals surface area contributed by atoms with Crippen LogP contribution in [0, 0.1) is 18.2 Å². The standard InChI is InChI=1S/C28H26FN7/c1-17-7-3-4-11-22(17)36-28(2)19(14-23-21(28)10-6-12-32-23)15-33-27-24(26(31)34-16-35-27)25(30)18-8-5-9-20(29)13-18/h3-14,16,30,36H,15H2,1-2H3,(H3,31,33,34,35). The highest BCUT2D eigenvalue weighted by molar-refractivity contribution is 6.16. The van der Waals surface area contributed by atoms with Crippen molar-refractivity contribution in [1.82, 2.24) is 15.0 Å². The van der Waals surface area contributed by atoms with Crippen molar-refractivity contribution < 1.29 is 4.39 Å². The topological polar surface area (TPSA) is 113 Å². The summed E-state index contributed by atoms with van der Waals surface area (Å²) < 4.78 is 13.8. The van der Waals surface area contributed by atoms with Crippen molar-refractivity contribution in [2.24, 2.45) is 0 Å². The van der Waals surface area contributed by atoms with E-state index in [1.165, 1.54) is 18.5 Å². The smallest absolute Gasteiger partial charge is 0.141 e. The highest BCUT2D eigenvalue weighted by Gasteiger charge is 2.38. The molecule has 0 amide bonds. The van der Waals surface area contributed by atoms with Crippen molar-refractivity contribution in [3.8, 4) is 0 Å². The molecule has 5 rings (SSSR count). The van der Waals surface area contributed by atoms with Crippen molar-refractivity contribution in [1.29, 1.82) is 5.41 Å². The number of nitrogens with two attached hydrogens (primary N) is 1. The SMILES string of the molecule is Cc1ccccc1NC1(C)C(CNc2ncnc(N)c2C(=N)c2cccc(F)c2)=Cc2ncccc21. The van der Waals surface area contributed by atoms with Crippen molar-refractivity contribution in [3.05, 3.63) is 113 Å². The Morgan fingerprint density at radius 2 is 1.89 bits per heavy atom. The lowest BCUT2D eigenvalue weighted by molar-refractivity contribution is 0.627. The molecule has 1 aliphatic rings. The minimum atomic E-state index is -0.530. The van der Waals surface area contributed by atoms with Gasteiger partial charge < -0.3 is 16.4 Å². The lowest BCUT2D eigenvalue weighted by atomic mass is 9.88. The van der Waals surface area contributed by atoms with E-state index in [0.29, 0.717) is 23.5 Å². The minimum Gasteiger partial charge on any atom is -0.383 e. The molecule has 0 aliphatic heterocycles. The molecule has 36 heavy (non-hydrogen) atoms. The molecule has 0 saturated heterocycles. The van der Waals surface area contributed by atoms with E-state index in [1.807, 2.05) is 18.2 Å². The molecule has 7 nitrogen and oxygen atoms in total. The van der Waals surface area contributed by atoms with Crippen LogP contribution in [0.5, 0.6) is 0 Å². The van der Waals surface area contributed by atoms with E-state index in [1.54, 1.807) is 18.3 Å². The van der Waals surface area contributed by atoms with Crippen LogP contribution in [0.25, 0.3) is 6.08 Å². The predicted molar refractivity (Wildman–Crippen MR) is 142 cm³/mol. The molecule has 2 heterocycles. The number of rotatable bonds is 7. The zero-order chi connectivity index (χ0) is 25.3. The maximum atomic E-state index is 13.8. The zero-order valence-electron chi connectivity index (χ0n) is 20.0. The second-order valence-electron chi connectivity index (χ2n) is 8.89. The maximum absolute atomic E-state index is 13.8. The number of para-hydroxylation sites is 1. The van der Waals surface area contributed by atoms with Gasteiger partial charge >= 0.3 is 0 Å². The highest BCUT2D eigenvalue weighted by atomic mass is 19.1. The van der Waals surface area contributed by atoms with Crippen LogP contribution in [0.1, 0.15) is 34.9 Å². The molecular weight excluding hydrogens is 453 g/mol. The summed E-state index contributed by atoms with van der Waals surface area (Å²) in [6.45, 7) is 4.61. The Labute approximate surface area is 208 Å². The molecule has 5 N–H and O–H groups in total. The normalized spacial score (nSPS) is 16.2. The van der Waals surface area contributed by atoms with Crippen LogP contribution in [0.2, 0.25) is 0 Å². The first-order valence-corrected chi connectivity index (χ1v) is 11.6. The first kappa shape index (κ1) is 23.2. The lowest BCUT2D eigenvalue weighted by Gasteiger charge is -2.33. The van der Waals surface area contributed by atoms with Gasteiger partial charge in [0.05, 0.1) is 22.5 Å². The van der Waals surface area contributed by atoms with Gasteiger partial charge in [-0.25, -0.2) is 14.4 Å². The highest BCUT2D eigenvalue weighted by Crippen LogP contribution is 2.42. The molecule has 8 heteroatoms. The van der Waals surface area contributed by atoms with E-state index in [4.69, 9.17) is 11.1 Å². The number of nitrogens with zero attached hydrogens (tertiary/aromatic N) is 3. The van der Waals surface area contributed by atoms with Crippen LogP contribution in [0.4, 0.5) is 21.7 Å². The zero-order valence-corrected chi connectivity index (χ0v) is 20.0. The Bertz CT molecular complexity index is 1500. The average Bonchev–Trinajstić information content (AvgIpc) is 3.15. The molecule has 4 aromatic rings. The average molecular weight is 480 g/mol. The van der Waals surface area contributed by atoms with Gasteiger partial charge in [-0.05, 0) is 55.3 Å². The summed E-state index contributed by atoms with van der Waals surface area (Å²) in [5.74, 6) is 0.120. The van der Waals surface area contributed by atoms with Crippen LogP contribution in [-0.2, 0) is 5.54 Å². The third kappa shape index (κ3) is 4.17. The van der Waals surface area contributed by atoms with Crippen LogP contribution >= 0.6 is 0 Å². The second-order valence-corrected chi connectivity index (χ2v) is 8.89. The number of nitrogens with one attached hydrogen (secondary N) is 3. The van der Waals surface area contributed by atoms with E-state index < -0.39 is 11.4 Å². The van der Waals surface area contributed by atoms with E-state index in [0.717, 1.165) is 28.1 Å². The number of hydrogen-bond donors (Lipinski definition) is 4. The number of anilines is 3. The van der Waals surface area contributed by atoms with E-state index in [9.17, 15) is 4.39 Å². The van der Waals surface area contributed by atoms with Crippen LogP contribution in [0.15, 0.2) is 78.8 Å². The minimum absolute atomic E-state index is 0.0428. The molecule has 0 spiro atoms. The molecule has 0 fully saturated rings. The Balaban J connectivity index is 1.47. The van der Waals surface area contributed by atoms with E-state index in [2.05, 4.69) is 63.7 Å². The van der Waals surface area contributed by atoms with Crippen molar-refractivity contribution in [3.63, 3.8) is 0 Å². The summed E-state index contributed by atoms with van der Waals surface area (Å²) in [6, 6.07) is 18.0. The van der Waals surface area contributed by atoms with Crippen molar-refractivity contribution in [2.75, 3.05) is 22.9 Å². The largest absolute Gasteiger partial charge is 0.383 e. The molecule has 1 aliphatic carbocycles. The Kier molecular flexibility index (Phi) is 5.93. The Hall–Kier alpha value is -4.59. The molecule has 0 saturated carbocycles. The first-order chi connectivity index (χ1) is 17.4. The van der Waals surface area contributed by atoms with Crippen molar-refractivity contribution >= 4 is 29.1 Å². The van der Waals surface area contributed by atoms with Gasteiger partial charge in [0.15, 0.2) is 0 Å². The summed E-state index contributed by atoms with van der Waals surface area (Å²) in [7, 11) is 0. The number of hydrogen-bond acceptors (Lipinski definition) is 7. The van der Waals surface area contributed by atoms with Crippen LogP contribution < -0.4 is 16.4 Å². The molecule has 0 bridgehead atoms. The number of nitrogen functional groups attached to an aromatic ring is 1. The predicted octanol–water partition coefficient (Wildman–Crippen LogP) is 5.15. The molecule has 2 aromatic carbocycles. The fourth-order valence-corrected chi connectivity index (χ4v) is 4.54. The van der Waals surface area contributed by atoms with Gasteiger partial charge in [-0.3, -0.25) is 10.4 Å². The monoisotopic (exact) mass is 479 g/mol. The van der Waals surface area contributed by atoms with E-state index >= 15 is 0 Å². The van der Waals surface area contributed by atoms with Gasteiger partial charge in [0.25, 0.3) is 0 Å². The third-order valence-electron chi connectivity index (χ3n) is 6.55. The quantitative estimate of drug-likeness (QED) is 0.273.